The van der Waals surface area contributed by atoms with Gasteiger partial charge in [0.1, 0.15) is 0 Å². The van der Waals surface area contributed by atoms with Gasteiger partial charge in [-0.1, -0.05) is 35.9 Å². The molecule has 0 radical (unpaired) electrons. The summed E-state index contributed by atoms with van der Waals surface area (Å²) in [5, 5.41) is 0.691. The Morgan fingerprint density at radius 3 is 2.95 bits per heavy atom. The average molecular weight is 284 g/mol. The zero-order chi connectivity index (χ0) is 13.7. The molecule has 0 bridgehead atoms. The first kappa shape index (κ1) is 11.8. The molecule has 0 fully saturated rings. The van der Waals surface area contributed by atoms with Crippen LogP contribution in [0.25, 0.3) is 11.0 Å². The van der Waals surface area contributed by atoms with E-state index in [9.17, 15) is 0 Å². The van der Waals surface area contributed by atoms with Crippen molar-refractivity contribution in [1.82, 2.24) is 9.55 Å². The number of hydrogen-bond acceptors (Lipinski definition) is 2. The first-order chi connectivity index (χ1) is 9.72. The van der Waals surface area contributed by atoms with E-state index in [1.165, 1.54) is 11.1 Å². The number of nitrogens with two attached hydrogens (primary N) is 1. The number of imidazole rings is 1. The molecule has 1 heterocycles. The van der Waals surface area contributed by atoms with Crippen molar-refractivity contribution in [1.29, 1.82) is 0 Å². The van der Waals surface area contributed by atoms with E-state index >= 15 is 0 Å². The van der Waals surface area contributed by atoms with Gasteiger partial charge in [-0.3, -0.25) is 0 Å². The van der Waals surface area contributed by atoms with E-state index in [0.717, 1.165) is 24.0 Å². The van der Waals surface area contributed by atoms with E-state index < -0.39 is 0 Å². The molecule has 0 aliphatic heterocycles. The smallest absolute Gasteiger partial charge is 0.201 e. The standard InChI is InChI=1S/C16H14ClN3/c17-12-5-6-15-14(8-12)19-16(18)20(15)9-11-7-10-3-1-2-4-13(10)11/h1-6,8,11H,7,9H2,(H2,18,19). The van der Waals surface area contributed by atoms with Gasteiger partial charge in [-0.25, -0.2) is 4.98 Å². The van der Waals surface area contributed by atoms with Gasteiger partial charge in [0.15, 0.2) is 0 Å². The van der Waals surface area contributed by atoms with Crippen LogP contribution in [0.15, 0.2) is 42.5 Å². The second kappa shape index (κ2) is 4.25. The van der Waals surface area contributed by atoms with Crippen LogP contribution in [0.2, 0.25) is 5.02 Å². The van der Waals surface area contributed by atoms with E-state index in [-0.39, 0.29) is 0 Å². The maximum Gasteiger partial charge on any atom is 0.201 e. The highest BCUT2D eigenvalue weighted by Gasteiger charge is 2.26. The van der Waals surface area contributed by atoms with Crippen LogP contribution < -0.4 is 5.73 Å². The summed E-state index contributed by atoms with van der Waals surface area (Å²) >= 11 is 6.00. The number of anilines is 1. The van der Waals surface area contributed by atoms with Crippen molar-refractivity contribution < 1.29 is 0 Å². The molecule has 3 aromatic rings. The minimum atomic E-state index is 0.529. The number of benzene rings is 2. The third-order valence-electron chi connectivity index (χ3n) is 4.10. The lowest BCUT2D eigenvalue weighted by atomic mass is 9.77. The molecular formula is C16H14ClN3. The summed E-state index contributed by atoms with van der Waals surface area (Å²) in [6.45, 7) is 0.876. The number of hydrogen-bond donors (Lipinski definition) is 1. The third kappa shape index (κ3) is 1.70. The van der Waals surface area contributed by atoms with Gasteiger partial charge in [-0.05, 0) is 35.7 Å². The van der Waals surface area contributed by atoms with Crippen LogP contribution in [0.5, 0.6) is 0 Å². The number of nitrogens with zero attached hydrogens (tertiary/aromatic N) is 2. The normalized spacial score (nSPS) is 16.9. The molecule has 2 N–H and O–H groups in total. The molecule has 1 aliphatic carbocycles. The Bertz CT molecular complexity index is 807. The van der Waals surface area contributed by atoms with Crippen molar-refractivity contribution in [3.05, 3.63) is 58.6 Å². The van der Waals surface area contributed by atoms with Crippen LogP contribution in [0.3, 0.4) is 0 Å². The van der Waals surface area contributed by atoms with E-state index in [1.54, 1.807) is 0 Å². The molecule has 1 unspecified atom stereocenters. The van der Waals surface area contributed by atoms with Gasteiger partial charge in [0.2, 0.25) is 5.95 Å². The summed E-state index contributed by atoms with van der Waals surface area (Å²) in [6, 6.07) is 14.3. The van der Waals surface area contributed by atoms with Gasteiger partial charge in [-0.2, -0.15) is 0 Å². The quantitative estimate of drug-likeness (QED) is 0.781. The monoisotopic (exact) mass is 283 g/mol. The molecule has 0 amide bonds. The predicted molar refractivity (Wildman–Crippen MR) is 82.0 cm³/mol. The second-order valence-electron chi connectivity index (χ2n) is 5.31. The van der Waals surface area contributed by atoms with Crippen molar-refractivity contribution in [3.8, 4) is 0 Å². The fourth-order valence-corrected chi connectivity index (χ4v) is 3.23. The van der Waals surface area contributed by atoms with Gasteiger partial charge < -0.3 is 10.3 Å². The largest absolute Gasteiger partial charge is 0.369 e. The van der Waals surface area contributed by atoms with E-state index in [2.05, 4.69) is 33.8 Å². The van der Waals surface area contributed by atoms with Gasteiger partial charge in [-0.15, -0.1) is 0 Å². The molecule has 3 nitrogen and oxygen atoms in total. The van der Waals surface area contributed by atoms with Crippen molar-refractivity contribution in [2.45, 2.75) is 18.9 Å². The van der Waals surface area contributed by atoms with E-state index in [4.69, 9.17) is 17.3 Å². The number of halogens is 1. The van der Waals surface area contributed by atoms with Crippen LogP contribution in [-0.2, 0) is 13.0 Å². The summed E-state index contributed by atoms with van der Waals surface area (Å²) in [6.07, 6.45) is 1.11. The lowest BCUT2D eigenvalue weighted by Crippen LogP contribution is -2.22. The highest BCUT2D eigenvalue weighted by atomic mass is 35.5. The average Bonchev–Trinajstić information content (AvgIpc) is 2.71. The molecule has 4 rings (SSSR count). The Kier molecular flexibility index (Phi) is 2.51. The van der Waals surface area contributed by atoms with Crippen molar-refractivity contribution >= 4 is 28.6 Å². The molecule has 2 aromatic carbocycles. The lowest BCUT2D eigenvalue weighted by molar-refractivity contribution is 0.521. The van der Waals surface area contributed by atoms with Gasteiger partial charge in [0.05, 0.1) is 11.0 Å². The molecule has 0 spiro atoms. The maximum absolute atomic E-state index is 6.06. The molecule has 20 heavy (non-hydrogen) atoms. The van der Waals surface area contributed by atoms with Gasteiger partial charge in [0, 0.05) is 17.5 Å². The second-order valence-corrected chi connectivity index (χ2v) is 5.75. The minimum Gasteiger partial charge on any atom is -0.369 e. The summed E-state index contributed by atoms with van der Waals surface area (Å²) in [7, 11) is 0. The number of aromatic nitrogens is 2. The highest BCUT2D eigenvalue weighted by molar-refractivity contribution is 6.31. The molecule has 1 aliphatic rings. The third-order valence-corrected chi connectivity index (χ3v) is 4.34. The summed E-state index contributed by atoms with van der Waals surface area (Å²) < 4.78 is 2.09. The first-order valence-electron chi connectivity index (χ1n) is 6.71. The zero-order valence-electron chi connectivity index (χ0n) is 10.9. The Hall–Kier alpha value is -2.00. The van der Waals surface area contributed by atoms with Crippen LogP contribution in [0.1, 0.15) is 17.0 Å². The summed E-state index contributed by atoms with van der Waals surface area (Å²) in [5.74, 6) is 1.09. The molecule has 0 saturated heterocycles. The summed E-state index contributed by atoms with van der Waals surface area (Å²) in [4.78, 5) is 4.40. The van der Waals surface area contributed by atoms with Crippen LogP contribution >= 0.6 is 11.6 Å². The summed E-state index contributed by atoms with van der Waals surface area (Å²) in [5.41, 5.74) is 10.9. The maximum atomic E-state index is 6.06. The Morgan fingerprint density at radius 1 is 1.25 bits per heavy atom. The minimum absolute atomic E-state index is 0.529. The van der Waals surface area contributed by atoms with Gasteiger partial charge >= 0.3 is 0 Å². The number of nitrogen functional groups attached to an aromatic ring is 1. The van der Waals surface area contributed by atoms with Crippen LogP contribution in [0.4, 0.5) is 5.95 Å². The molecule has 0 saturated carbocycles. The number of rotatable bonds is 2. The van der Waals surface area contributed by atoms with Crippen molar-refractivity contribution in [2.75, 3.05) is 5.73 Å². The van der Waals surface area contributed by atoms with E-state index in [0.29, 0.717) is 16.9 Å². The first-order valence-corrected chi connectivity index (χ1v) is 7.09. The fourth-order valence-electron chi connectivity index (χ4n) is 3.06. The number of fused-ring (bicyclic) bond motifs is 2. The Balaban J connectivity index is 1.72. The van der Waals surface area contributed by atoms with Crippen molar-refractivity contribution in [3.63, 3.8) is 0 Å². The van der Waals surface area contributed by atoms with Crippen LogP contribution in [-0.4, -0.2) is 9.55 Å². The fraction of sp³-hybridized carbons (Fsp3) is 0.188. The molecule has 4 heteroatoms. The van der Waals surface area contributed by atoms with E-state index in [1.807, 2.05) is 18.2 Å². The Labute approximate surface area is 122 Å². The topological polar surface area (TPSA) is 43.8 Å². The van der Waals surface area contributed by atoms with Crippen molar-refractivity contribution in [2.24, 2.45) is 0 Å². The molecular weight excluding hydrogens is 270 g/mol. The van der Waals surface area contributed by atoms with Crippen LogP contribution in [0, 0.1) is 0 Å². The Morgan fingerprint density at radius 2 is 2.10 bits per heavy atom. The molecule has 1 aromatic heterocycles. The molecule has 100 valence electrons. The highest BCUT2D eigenvalue weighted by Crippen LogP contribution is 2.37. The SMILES string of the molecule is Nc1nc2cc(Cl)ccc2n1CC1Cc2ccccc21. The molecule has 1 atom stereocenters. The lowest BCUT2D eigenvalue weighted by Gasteiger charge is -2.30. The van der Waals surface area contributed by atoms with Gasteiger partial charge in [0.25, 0.3) is 0 Å². The predicted octanol–water partition coefficient (Wildman–Crippen LogP) is 3.61. The zero-order valence-corrected chi connectivity index (χ0v) is 11.6.